The Kier molecular flexibility index (Phi) is 2.22. The second-order valence-electron chi connectivity index (χ2n) is 3.28. The number of hydrogen-bond donors (Lipinski definition) is 1. The smallest absolute Gasteiger partial charge is 0.0426 e. The Balaban J connectivity index is 2.02. The molecule has 0 aliphatic heterocycles. The topological polar surface area (TPSA) is 12.0 Å². The Bertz CT molecular complexity index is 268. The van der Waals surface area contributed by atoms with Crippen molar-refractivity contribution in [2.75, 3.05) is 5.32 Å². The molecule has 1 nitrogen and oxygen atoms in total. The van der Waals surface area contributed by atoms with Crippen LogP contribution in [0.2, 0.25) is 5.02 Å². The number of anilines is 1. The molecule has 0 spiro atoms. The van der Waals surface area contributed by atoms with Crippen molar-refractivity contribution in [1.29, 1.82) is 0 Å². The third-order valence-electron chi connectivity index (χ3n) is 2.30. The minimum atomic E-state index is 0.684. The summed E-state index contributed by atoms with van der Waals surface area (Å²) in [6.07, 6.45) is 3.96. The Morgan fingerprint density at radius 1 is 1.33 bits per heavy atom. The van der Waals surface area contributed by atoms with Crippen molar-refractivity contribution in [3.05, 3.63) is 29.3 Å². The second kappa shape index (κ2) is 3.36. The van der Waals surface area contributed by atoms with Crippen LogP contribution in [-0.2, 0) is 0 Å². The third-order valence-corrected chi connectivity index (χ3v) is 2.54. The number of rotatable bonds is 2. The average Bonchev–Trinajstić information content (AvgIpc) is 1.97. The molecule has 64 valence electrons. The van der Waals surface area contributed by atoms with Crippen LogP contribution >= 0.6 is 11.6 Å². The summed E-state index contributed by atoms with van der Waals surface area (Å²) < 4.78 is 0. The van der Waals surface area contributed by atoms with Crippen LogP contribution in [0.5, 0.6) is 0 Å². The highest BCUT2D eigenvalue weighted by atomic mass is 35.5. The predicted molar refractivity (Wildman–Crippen MR) is 52.7 cm³/mol. The van der Waals surface area contributed by atoms with Gasteiger partial charge < -0.3 is 5.32 Å². The molecule has 1 fully saturated rings. The van der Waals surface area contributed by atoms with Gasteiger partial charge in [-0.15, -0.1) is 0 Å². The predicted octanol–water partition coefficient (Wildman–Crippen LogP) is 3.30. The molecule has 1 N–H and O–H groups in total. The van der Waals surface area contributed by atoms with Crippen LogP contribution in [0.15, 0.2) is 24.3 Å². The van der Waals surface area contributed by atoms with Crippen LogP contribution in [0.1, 0.15) is 19.3 Å². The standard InChI is InChI=1S/C10H12ClN/c11-8-3-1-6-10(7-8)12-9-4-2-5-9/h1,3,6-7,9,12H,2,4-5H2. The maximum Gasteiger partial charge on any atom is 0.0426 e. The van der Waals surface area contributed by atoms with Gasteiger partial charge in [0.25, 0.3) is 0 Å². The Morgan fingerprint density at radius 3 is 2.75 bits per heavy atom. The van der Waals surface area contributed by atoms with Gasteiger partial charge in [-0.05, 0) is 37.5 Å². The Morgan fingerprint density at radius 2 is 2.17 bits per heavy atom. The van der Waals surface area contributed by atoms with E-state index in [0.717, 1.165) is 10.7 Å². The zero-order chi connectivity index (χ0) is 8.39. The van der Waals surface area contributed by atoms with Crippen molar-refractivity contribution < 1.29 is 0 Å². The van der Waals surface area contributed by atoms with E-state index in [0.29, 0.717) is 6.04 Å². The van der Waals surface area contributed by atoms with E-state index in [1.807, 2.05) is 18.2 Å². The molecule has 12 heavy (non-hydrogen) atoms. The highest BCUT2D eigenvalue weighted by Crippen LogP contribution is 2.24. The third kappa shape index (κ3) is 1.72. The van der Waals surface area contributed by atoms with Gasteiger partial charge in [0.2, 0.25) is 0 Å². The summed E-state index contributed by atoms with van der Waals surface area (Å²) in [6, 6.07) is 8.59. The largest absolute Gasteiger partial charge is 0.382 e. The lowest BCUT2D eigenvalue weighted by molar-refractivity contribution is 0.445. The fourth-order valence-electron chi connectivity index (χ4n) is 1.37. The van der Waals surface area contributed by atoms with E-state index in [-0.39, 0.29) is 0 Å². The highest BCUT2D eigenvalue weighted by molar-refractivity contribution is 6.30. The van der Waals surface area contributed by atoms with Gasteiger partial charge in [0.15, 0.2) is 0 Å². The number of benzene rings is 1. The van der Waals surface area contributed by atoms with Gasteiger partial charge in [0.05, 0.1) is 0 Å². The molecule has 0 saturated heterocycles. The number of nitrogens with one attached hydrogen (secondary N) is 1. The molecule has 1 saturated carbocycles. The van der Waals surface area contributed by atoms with Crippen LogP contribution in [0.3, 0.4) is 0 Å². The van der Waals surface area contributed by atoms with Gasteiger partial charge in [-0.3, -0.25) is 0 Å². The summed E-state index contributed by atoms with van der Waals surface area (Å²) in [5, 5.41) is 4.24. The van der Waals surface area contributed by atoms with Gasteiger partial charge in [-0.25, -0.2) is 0 Å². The zero-order valence-corrected chi connectivity index (χ0v) is 7.64. The monoisotopic (exact) mass is 181 g/mol. The van der Waals surface area contributed by atoms with Gasteiger partial charge in [0, 0.05) is 16.8 Å². The van der Waals surface area contributed by atoms with Gasteiger partial charge in [-0.1, -0.05) is 17.7 Å². The molecule has 2 rings (SSSR count). The summed E-state index contributed by atoms with van der Waals surface area (Å²) in [5.41, 5.74) is 1.15. The van der Waals surface area contributed by atoms with Crippen molar-refractivity contribution in [3.8, 4) is 0 Å². The molecule has 0 radical (unpaired) electrons. The number of hydrogen-bond acceptors (Lipinski definition) is 1. The van der Waals surface area contributed by atoms with Gasteiger partial charge in [-0.2, -0.15) is 0 Å². The maximum absolute atomic E-state index is 5.85. The first-order chi connectivity index (χ1) is 5.84. The van der Waals surface area contributed by atoms with E-state index in [2.05, 4.69) is 11.4 Å². The van der Waals surface area contributed by atoms with E-state index >= 15 is 0 Å². The molecule has 0 heterocycles. The molecule has 1 aromatic carbocycles. The average molecular weight is 182 g/mol. The molecule has 0 atom stereocenters. The van der Waals surface area contributed by atoms with E-state index in [1.54, 1.807) is 0 Å². The quantitative estimate of drug-likeness (QED) is 0.738. The van der Waals surface area contributed by atoms with Crippen molar-refractivity contribution in [3.63, 3.8) is 0 Å². The van der Waals surface area contributed by atoms with Crippen molar-refractivity contribution in [1.82, 2.24) is 0 Å². The Labute approximate surface area is 77.7 Å². The van der Waals surface area contributed by atoms with Crippen LogP contribution in [0, 0.1) is 0 Å². The van der Waals surface area contributed by atoms with Crippen molar-refractivity contribution >= 4 is 17.3 Å². The minimum absolute atomic E-state index is 0.684. The summed E-state index contributed by atoms with van der Waals surface area (Å²) in [6.45, 7) is 0. The first-order valence-corrected chi connectivity index (χ1v) is 4.74. The molecular weight excluding hydrogens is 170 g/mol. The summed E-state index contributed by atoms with van der Waals surface area (Å²) in [5.74, 6) is 0. The molecule has 0 bridgehead atoms. The van der Waals surface area contributed by atoms with Crippen molar-refractivity contribution in [2.45, 2.75) is 25.3 Å². The number of halogens is 1. The second-order valence-corrected chi connectivity index (χ2v) is 3.72. The SMILES string of the molecule is Clc1cccc(NC2CCC2)c1. The molecule has 0 unspecified atom stereocenters. The molecular formula is C10H12ClN. The van der Waals surface area contributed by atoms with E-state index < -0.39 is 0 Å². The van der Waals surface area contributed by atoms with Gasteiger partial charge >= 0.3 is 0 Å². The fourth-order valence-corrected chi connectivity index (χ4v) is 1.56. The summed E-state index contributed by atoms with van der Waals surface area (Å²) >= 11 is 5.85. The summed E-state index contributed by atoms with van der Waals surface area (Å²) in [4.78, 5) is 0. The minimum Gasteiger partial charge on any atom is -0.382 e. The Hall–Kier alpha value is -0.690. The maximum atomic E-state index is 5.85. The van der Waals surface area contributed by atoms with Crippen LogP contribution < -0.4 is 5.32 Å². The first kappa shape index (κ1) is 7.93. The van der Waals surface area contributed by atoms with E-state index in [4.69, 9.17) is 11.6 Å². The van der Waals surface area contributed by atoms with Crippen molar-refractivity contribution in [2.24, 2.45) is 0 Å². The lowest BCUT2D eigenvalue weighted by atomic mass is 9.93. The zero-order valence-electron chi connectivity index (χ0n) is 6.89. The van der Waals surface area contributed by atoms with Crippen LogP contribution in [-0.4, -0.2) is 6.04 Å². The molecule has 0 aromatic heterocycles. The molecule has 1 aromatic rings. The first-order valence-electron chi connectivity index (χ1n) is 4.37. The molecule has 0 amide bonds. The van der Waals surface area contributed by atoms with E-state index in [9.17, 15) is 0 Å². The van der Waals surface area contributed by atoms with Crippen LogP contribution in [0.25, 0.3) is 0 Å². The molecule has 1 aliphatic carbocycles. The lowest BCUT2D eigenvalue weighted by Crippen LogP contribution is -2.26. The molecule has 1 aliphatic rings. The van der Waals surface area contributed by atoms with Crippen LogP contribution in [0.4, 0.5) is 5.69 Å². The molecule has 2 heteroatoms. The van der Waals surface area contributed by atoms with Gasteiger partial charge in [0.1, 0.15) is 0 Å². The normalized spacial score (nSPS) is 17.1. The van der Waals surface area contributed by atoms with E-state index in [1.165, 1.54) is 19.3 Å². The lowest BCUT2D eigenvalue weighted by Gasteiger charge is -2.27. The highest BCUT2D eigenvalue weighted by Gasteiger charge is 2.16. The summed E-state index contributed by atoms with van der Waals surface area (Å²) in [7, 11) is 0. The fraction of sp³-hybridized carbons (Fsp3) is 0.400.